The summed E-state index contributed by atoms with van der Waals surface area (Å²) in [6.07, 6.45) is 0.769. The van der Waals surface area contributed by atoms with Gasteiger partial charge in [0.15, 0.2) is 18.9 Å². The summed E-state index contributed by atoms with van der Waals surface area (Å²) in [4.78, 5) is 26.7. The van der Waals surface area contributed by atoms with E-state index in [1.807, 2.05) is 51.1 Å². The fraction of sp³-hybridized carbons (Fsp3) is 0.760. The Kier molecular flexibility index (Phi) is 14.3. The van der Waals surface area contributed by atoms with Crippen molar-refractivity contribution < 1.29 is 72.6 Å². The van der Waals surface area contributed by atoms with E-state index in [1.165, 1.54) is 13.0 Å². The Morgan fingerprint density at radius 2 is 1.42 bits per heavy atom. The SMILES string of the molecule is CO[C@H]1C[C@H](O[C@H]2[C@@H](O)C[C@H](O[C@H]3CC[C@@]4(C)C(=CC[C@]5(O)[C@@H]4C[C@@H](OC(=O)C=Cc4ccccc4)[C@]4(C)[C@H](C(C)=O)CC[C@@]45O)C3)O[C@@H]2C)O[C@H](C)[C@H]1O[C@H]1C[C@@H](OC)[C@H](O)[C@@H](C)O1. The molecule has 6 fully saturated rings. The van der Waals surface area contributed by atoms with Crippen LogP contribution in [0.2, 0.25) is 0 Å². The van der Waals surface area contributed by atoms with Crippen LogP contribution in [-0.4, -0.2) is 144 Å². The molecule has 15 heteroatoms. The van der Waals surface area contributed by atoms with Crippen molar-refractivity contribution in [2.75, 3.05) is 14.2 Å². The smallest absolute Gasteiger partial charge is 0.331 e. The zero-order valence-electron chi connectivity index (χ0n) is 39.2. The molecule has 0 spiro atoms. The molecule has 3 aliphatic heterocycles. The van der Waals surface area contributed by atoms with Crippen molar-refractivity contribution in [2.45, 2.75) is 203 Å². The largest absolute Gasteiger partial charge is 0.458 e. The molecule has 0 bridgehead atoms. The number of carbonyl (C=O) groups excluding carboxylic acids is 2. The molecule has 8 rings (SSSR count). The third-order valence-corrected chi connectivity index (χ3v) is 16.9. The Bertz CT molecular complexity index is 1900. The maximum Gasteiger partial charge on any atom is 0.331 e. The van der Waals surface area contributed by atoms with Gasteiger partial charge in [0.05, 0.1) is 42.7 Å². The Labute approximate surface area is 383 Å². The van der Waals surface area contributed by atoms with E-state index < -0.39 is 120 Å². The van der Waals surface area contributed by atoms with Gasteiger partial charge in [-0.3, -0.25) is 4.79 Å². The van der Waals surface area contributed by atoms with Crippen LogP contribution in [0, 0.1) is 22.7 Å². The highest BCUT2D eigenvalue weighted by Gasteiger charge is 2.77. The standard InChI is InChI=1S/C50H72O15/c1-27(51)34-18-21-50(56)48(34,6)39(63-40(53)15-14-31-12-10-9-11-13-31)26-38-47(5)19-17-33(22-32(47)16-20-49(38,50)55)62-41-23-35(52)45(29(3)60-41)64-43-25-37(58-8)46(30(4)61-43)65-42-24-36(57-7)44(54)28(2)59-42/h9-16,28-30,33-39,41-46,52,54-56H,17-26H2,1-8H3/t28-,29-,30-,33+,34+,35+,36-,37+,38-,39-,41+,42+,43+,44-,45-,46-,47+,48+,49+,50-/m1/s1. The van der Waals surface area contributed by atoms with Gasteiger partial charge in [-0.2, -0.15) is 0 Å². The first-order valence-corrected chi connectivity index (χ1v) is 23.8. The number of hydrogen-bond donors (Lipinski definition) is 4. The minimum absolute atomic E-state index is 0.0925. The summed E-state index contributed by atoms with van der Waals surface area (Å²) in [6, 6.07) is 9.44. The van der Waals surface area contributed by atoms with Gasteiger partial charge in [-0.05, 0) is 89.7 Å². The molecule has 0 amide bonds. The Hall–Kier alpha value is -2.64. The Morgan fingerprint density at radius 1 is 0.785 bits per heavy atom. The number of benzene rings is 1. The van der Waals surface area contributed by atoms with Crippen molar-refractivity contribution in [3.05, 3.63) is 53.6 Å². The second kappa shape index (κ2) is 19.0. The van der Waals surface area contributed by atoms with E-state index in [0.717, 1.165) is 11.1 Å². The van der Waals surface area contributed by atoms with E-state index in [4.69, 9.17) is 42.6 Å². The predicted octanol–water partition coefficient (Wildman–Crippen LogP) is 4.93. The third-order valence-electron chi connectivity index (χ3n) is 16.9. The maximum absolute atomic E-state index is 13.5. The summed E-state index contributed by atoms with van der Waals surface area (Å²) in [5, 5.41) is 47.7. The average Bonchev–Trinajstić information content (AvgIpc) is 3.57. The number of carbonyl (C=O) groups is 2. The van der Waals surface area contributed by atoms with Gasteiger partial charge < -0.3 is 63.1 Å². The number of esters is 1. The van der Waals surface area contributed by atoms with E-state index in [9.17, 15) is 30.0 Å². The lowest BCUT2D eigenvalue weighted by molar-refractivity contribution is -0.337. The topological polar surface area (TPSA) is 198 Å². The summed E-state index contributed by atoms with van der Waals surface area (Å²) < 4.78 is 55.5. The molecule has 3 heterocycles. The molecule has 0 aromatic heterocycles. The number of fused-ring (bicyclic) bond motifs is 5. The van der Waals surface area contributed by atoms with Crippen molar-refractivity contribution >= 4 is 17.8 Å². The van der Waals surface area contributed by atoms with Crippen molar-refractivity contribution in [3.63, 3.8) is 0 Å². The molecule has 7 aliphatic rings. The number of ether oxygens (including phenoxy) is 9. The van der Waals surface area contributed by atoms with Crippen LogP contribution >= 0.6 is 0 Å². The fourth-order valence-electron chi connectivity index (χ4n) is 13.2. The molecule has 3 saturated carbocycles. The lowest BCUT2D eigenvalue weighted by Gasteiger charge is -2.66. The quantitative estimate of drug-likeness (QED) is 0.125. The van der Waals surface area contributed by atoms with Gasteiger partial charge in [0.2, 0.25) is 0 Å². The van der Waals surface area contributed by atoms with Crippen LogP contribution in [0.5, 0.6) is 0 Å². The maximum atomic E-state index is 13.5. The minimum Gasteiger partial charge on any atom is -0.458 e. The third kappa shape index (κ3) is 8.84. The van der Waals surface area contributed by atoms with Crippen LogP contribution in [-0.2, 0) is 52.2 Å². The molecular formula is C50H72O15. The van der Waals surface area contributed by atoms with E-state index in [-0.39, 0.29) is 37.6 Å². The van der Waals surface area contributed by atoms with Crippen molar-refractivity contribution in [3.8, 4) is 0 Å². The van der Waals surface area contributed by atoms with Gasteiger partial charge >= 0.3 is 5.97 Å². The molecule has 4 aliphatic carbocycles. The molecular weight excluding hydrogens is 841 g/mol. The van der Waals surface area contributed by atoms with Crippen molar-refractivity contribution in [1.82, 2.24) is 0 Å². The second-order valence-corrected chi connectivity index (χ2v) is 20.4. The molecule has 20 atom stereocenters. The van der Waals surface area contributed by atoms with Gasteiger partial charge in [0.25, 0.3) is 0 Å². The summed E-state index contributed by atoms with van der Waals surface area (Å²) in [5.41, 5.74) is -3.05. The highest BCUT2D eigenvalue weighted by atomic mass is 16.7. The van der Waals surface area contributed by atoms with Crippen LogP contribution in [0.1, 0.15) is 111 Å². The molecule has 0 unspecified atom stereocenters. The molecule has 3 saturated heterocycles. The number of Topliss-reactive ketones (excluding diaryl/α,β-unsaturated/α-hetero) is 1. The molecule has 1 aromatic rings. The summed E-state index contributed by atoms with van der Waals surface area (Å²) >= 11 is 0. The van der Waals surface area contributed by atoms with Crippen molar-refractivity contribution in [1.29, 1.82) is 0 Å². The molecule has 0 radical (unpaired) electrons. The van der Waals surface area contributed by atoms with Crippen LogP contribution in [0.3, 0.4) is 0 Å². The van der Waals surface area contributed by atoms with Gasteiger partial charge in [-0.25, -0.2) is 4.79 Å². The monoisotopic (exact) mass is 912 g/mol. The lowest BCUT2D eigenvalue weighted by Crippen LogP contribution is -2.75. The summed E-state index contributed by atoms with van der Waals surface area (Å²) in [7, 11) is 3.16. The Morgan fingerprint density at radius 3 is 2.08 bits per heavy atom. The van der Waals surface area contributed by atoms with Crippen LogP contribution in [0.25, 0.3) is 6.08 Å². The Balaban J connectivity index is 0.899. The van der Waals surface area contributed by atoms with Gasteiger partial charge in [0, 0.05) is 56.8 Å². The van der Waals surface area contributed by atoms with Gasteiger partial charge in [0.1, 0.15) is 41.4 Å². The fourth-order valence-corrected chi connectivity index (χ4v) is 13.2. The zero-order chi connectivity index (χ0) is 46.6. The van der Waals surface area contributed by atoms with Crippen LogP contribution < -0.4 is 0 Å². The normalized spacial score (nSPS) is 47.6. The first-order valence-electron chi connectivity index (χ1n) is 23.8. The number of hydrogen-bond acceptors (Lipinski definition) is 15. The van der Waals surface area contributed by atoms with Gasteiger partial charge in [-0.1, -0.05) is 55.8 Å². The van der Waals surface area contributed by atoms with E-state index in [1.54, 1.807) is 27.2 Å². The van der Waals surface area contributed by atoms with Gasteiger partial charge in [-0.15, -0.1) is 0 Å². The molecule has 4 N–H and O–H groups in total. The van der Waals surface area contributed by atoms with E-state index in [2.05, 4.69) is 13.0 Å². The first-order chi connectivity index (χ1) is 30.8. The highest BCUT2D eigenvalue weighted by Crippen LogP contribution is 2.70. The predicted molar refractivity (Wildman–Crippen MR) is 235 cm³/mol. The minimum atomic E-state index is -1.69. The number of ketones is 1. The zero-order valence-corrected chi connectivity index (χ0v) is 39.2. The summed E-state index contributed by atoms with van der Waals surface area (Å²) in [5.74, 6) is -1.71. The van der Waals surface area contributed by atoms with Crippen LogP contribution in [0.4, 0.5) is 0 Å². The van der Waals surface area contributed by atoms with Crippen LogP contribution in [0.15, 0.2) is 48.1 Å². The van der Waals surface area contributed by atoms with E-state index >= 15 is 0 Å². The summed E-state index contributed by atoms with van der Waals surface area (Å²) in [6.45, 7) is 11.0. The van der Waals surface area contributed by atoms with Crippen molar-refractivity contribution in [2.24, 2.45) is 22.7 Å². The average molecular weight is 913 g/mol. The second-order valence-electron chi connectivity index (χ2n) is 20.4. The number of rotatable bonds is 12. The molecule has 65 heavy (non-hydrogen) atoms. The highest BCUT2D eigenvalue weighted by molar-refractivity contribution is 5.87. The molecule has 15 nitrogen and oxygen atoms in total. The molecule has 1 aromatic carbocycles. The molecule has 362 valence electrons. The number of aliphatic hydroxyl groups is 4. The number of aliphatic hydroxyl groups excluding tert-OH is 2. The van der Waals surface area contributed by atoms with E-state index in [0.29, 0.717) is 38.5 Å². The lowest BCUT2D eigenvalue weighted by atomic mass is 9.43. The first kappa shape index (κ1) is 48.8. The number of methoxy groups -OCH3 is 2.